The van der Waals surface area contributed by atoms with Crippen LogP contribution in [0.25, 0.3) is 0 Å². The van der Waals surface area contributed by atoms with Crippen molar-refractivity contribution in [3.05, 3.63) is 0 Å². The first-order valence-electron chi connectivity index (χ1n) is 7.32. The van der Waals surface area contributed by atoms with Crippen LogP contribution in [0.4, 0.5) is 0 Å². The fraction of sp³-hybridized carbons (Fsp3) is 0.929. The van der Waals surface area contributed by atoms with Crippen molar-refractivity contribution < 1.29 is 4.79 Å². The van der Waals surface area contributed by atoms with Crippen LogP contribution in [0.1, 0.15) is 46.5 Å². The Labute approximate surface area is 111 Å². The number of carbonyl (C=O) groups is 1. The zero-order chi connectivity index (χ0) is 13.5. The molecule has 0 radical (unpaired) electrons. The highest BCUT2D eigenvalue weighted by Crippen LogP contribution is 2.17. The molecular formula is C14H29N3O. The molecule has 0 bridgehead atoms. The van der Waals surface area contributed by atoms with Crippen LogP contribution < -0.4 is 11.1 Å². The van der Waals surface area contributed by atoms with Gasteiger partial charge in [-0.25, -0.2) is 0 Å². The molecule has 0 aliphatic carbocycles. The predicted octanol–water partition coefficient (Wildman–Crippen LogP) is 1.35. The topological polar surface area (TPSA) is 58.4 Å². The van der Waals surface area contributed by atoms with Gasteiger partial charge >= 0.3 is 0 Å². The summed E-state index contributed by atoms with van der Waals surface area (Å²) in [5, 5.41) is 3.01. The zero-order valence-corrected chi connectivity index (χ0v) is 12.1. The van der Waals surface area contributed by atoms with E-state index in [1.165, 1.54) is 19.4 Å². The molecule has 0 aromatic carbocycles. The van der Waals surface area contributed by atoms with Gasteiger partial charge in [0, 0.05) is 19.1 Å². The molecule has 1 saturated heterocycles. The lowest BCUT2D eigenvalue weighted by Crippen LogP contribution is -2.46. The molecular weight excluding hydrogens is 226 g/mol. The van der Waals surface area contributed by atoms with Gasteiger partial charge in [-0.1, -0.05) is 13.3 Å². The van der Waals surface area contributed by atoms with E-state index < -0.39 is 0 Å². The van der Waals surface area contributed by atoms with Crippen LogP contribution in [-0.4, -0.2) is 42.5 Å². The van der Waals surface area contributed by atoms with Crippen molar-refractivity contribution in [2.24, 2.45) is 11.7 Å². The molecule has 1 amide bonds. The zero-order valence-electron chi connectivity index (χ0n) is 12.1. The van der Waals surface area contributed by atoms with Crippen LogP contribution >= 0.6 is 0 Å². The number of hydrogen-bond donors (Lipinski definition) is 2. The number of nitrogens with two attached hydrogens (primary N) is 1. The standard InChI is InChI=1S/C14H29N3O/c1-4-6-13(15)14(18)16-9-12-7-5-8-17(10-12)11(2)3/h11-13H,4-10,15H2,1-3H3,(H,16,18). The fourth-order valence-electron chi connectivity index (χ4n) is 2.55. The number of likely N-dealkylation sites (tertiary alicyclic amines) is 1. The Bertz CT molecular complexity index is 255. The van der Waals surface area contributed by atoms with E-state index in [4.69, 9.17) is 5.73 Å². The van der Waals surface area contributed by atoms with E-state index in [1.807, 2.05) is 0 Å². The van der Waals surface area contributed by atoms with Gasteiger partial charge < -0.3 is 16.0 Å². The minimum absolute atomic E-state index is 0.0125. The van der Waals surface area contributed by atoms with E-state index in [0.717, 1.165) is 25.9 Å². The Morgan fingerprint density at radius 1 is 1.50 bits per heavy atom. The molecule has 1 aliphatic rings. The lowest BCUT2D eigenvalue weighted by atomic mass is 9.97. The minimum atomic E-state index is -0.334. The van der Waals surface area contributed by atoms with Crippen molar-refractivity contribution in [1.82, 2.24) is 10.2 Å². The quantitative estimate of drug-likeness (QED) is 0.753. The van der Waals surface area contributed by atoms with Crippen LogP contribution in [0.3, 0.4) is 0 Å². The van der Waals surface area contributed by atoms with Crippen molar-refractivity contribution in [2.45, 2.75) is 58.5 Å². The summed E-state index contributed by atoms with van der Waals surface area (Å²) >= 11 is 0. The molecule has 1 rings (SSSR count). The van der Waals surface area contributed by atoms with Crippen molar-refractivity contribution in [2.75, 3.05) is 19.6 Å². The molecule has 2 unspecified atom stereocenters. The molecule has 0 aromatic heterocycles. The third-order valence-electron chi connectivity index (χ3n) is 3.78. The number of rotatable bonds is 6. The molecule has 4 nitrogen and oxygen atoms in total. The van der Waals surface area contributed by atoms with Crippen LogP contribution in [0.5, 0.6) is 0 Å². The highest BCUT2D eigenvalue weighted by Gasteiger charge is 2.22. The van der Waals surface area contributed by atoms with Gasteiger partial charge in [0.2, 0.25) is 5.91 Å². The molecule has 0 saturated carbocycles. The Hall–Kier alpha value is -0.610. The Kier molecular flexibility index (Phi) is 6.65. The summed E-state index contributed by atoms with van der Waals surface area (Å²) in [6.45, 7) is 9.59. The number of nitrogens with one attached hydrogen (secondary N) is 1. The van der Waals surface area contributed by atoms with Crippen molar-refractivity contribution >= 4 is 5.91 Å². The summed E-state index contributed by atoms with van der Waals surface area (Å²) < 4.78 is 0. The maximum atomic E-state index is 11.7. The second-order valence-corrected chi connectivity index (χ2v) is 5.74. The minimum Gasteiger partial charge on any atom is -0.354 e. The average Bonchev–Trinajstić information content (AvgIpc) is 2.36. The van der Waals surface area contributed by atoms with Gasteiger partial charge in [-0.15, -0.1) is 0 Å². The first-order valence-corrected chi connectivity index (χ1v) is 7.32. The number of piperidine rings is 1. The second kappa shape index (κ2) is 7.74. The molecule has 1 heterocycles. The van der Waals surface area contributed by atoms with Gasteiger partial charge in [0.05, 0.1) is 6.04 Å². The number of nitrogens with zero attached hydrogens (tertiary/aromatic N) is 1. The van der Waals surface area contributed by atoms with Crippen molar-refractivity contribution in [3.63, 3.8) is 0 Å². The van der Waals surface area contributed by atoms with Gasteiger partial charge in [0.1, 0.15) is 0 Å². The Morgan fingerprint density at radius 2 is 2.22 bits per heavy atom. The molecule has 1 aliphatic heterocycles. The summed E-state index contributed by atoms with van der Waals surface area (Å²) in [4.78, 5) is 14.2. The number of hydrogen-bond acceptors (Lipinski definition) is 3. The number of carbonyl (C=O) groups excluding carboxylic acids is 1. The molecule has 18 heavy (non-hydrogen) atoms. The Morgan fingerprint density at radius 3 is 2.83 bits per heavy atom. The molecule has 4 heteroatoms. The van der Waals surface area contributed by atoms with Crippen molar-refractivity contribution in [3.8, 4) is 0 Å². The van der Waals surface area contributed by atoms with Crippen molar-refractivity contribution in [1.29, 1.82) is 0 Å². The number of amides is 1. The largest absolute Gasteiger partial charge is 0.354 e. The van der Waals surface area contributed by atoms with E-state index in [0.29, 0.717) is 12.0 Å². The summed E-state index contributed by atoms with van der Waals surface area (Å²) in [7, 11) is 0. The van der Waals surface area contributed by atoms with E-state index >= 15 is 0 Å². The maximum Gasteiger partial charge on any atom is 0.236 e. The lowest BCUT2D eigenvalue weighted by Gasteiger charge is -2.35. The Balaban J connectivity index is 2.28. The summed E-state index contributed by atoms with van der Waals surface area (Å²) in [6.07, 6.45) is 4.18. The third-order valence-corrected chi connectivity index (χ3v) is 3.78. The molecule has 106 valence electrons. The van der Waals surface area contributed by atoms with Gasteiger partial charge in [-0.3, -0.25) is 4.79 Å². The fourth-order valence-corrected chi connectivity index (χ4v) is 2.55. The summed E-state index contributed by atoms with van der Waals surface area (Å²) in [5.74, 6) is 0.595. The van der Waals surface area contributed by atoms with Crippen LogP contribution in [0.2, 0.25) is 0 Å². The van der Waals surface area contributed by atoms with Crippen LogP contribution in [-0.2, 0) is 4.79 Å². The highest BCUT2D eigenvalue weighted by atomic mass is 16.2. The van der Waals surface area contributed by atoms with Gasteiger partial charge in [-0.2, -0.15) is 0 Å². The first-order chi connectivity index (χ1) is 8.54. The molecule has 2 atom stereocenters. The van der Waals surface area contributed by atoms with E-state index in [9.17, 15) is 4.79 Å². The first kappa shape index (κ1) is 15.4. The smallest absolute Gasteiger partial charge is 0.236 e. The van der Waals surface area contributed by atoms with E-state index in [2.05, 4.69) is 31.0 Å². The lowest BCUT2D eigenvalue weighted by molar-refractivity contribution is -0.122. The normalized spacial score (nSPS) is 23.1. The molecule has 1 fully saturated rings. The molecule has 3 N–H and O–H groups in total. The van der Waals surface area contributed by atoms with E-state index in [-0.39, 0.29) is 11.9 Å². The van der Waals surface area contributed by atoms with Gasteiger partial charge in [0.25, 0.3) is 0 Å². The predicted molar refractivity (Wildman–Crippen MR) is 75.3 cm³/mol. The van der Waals surface area contributed by atoms with Crippen LogP contribution in [0.15, 0.2) is 0 Å². The highest BCUT2D eigenvalue weighted by molar-refractivity contribution is 5.81. The van der Waals surface area contributed by atoms with Crippen LogP contribution in [0, 0.1) is 5.92 Å². The SMILES string of the molecule is CCCC(N)C(=O)NCC1CCCN(C(C)C)C1. The average molecular weight is 255 g/mol. The third kappa shape index (κ3) is 4.94. The van der Waals surface area contributed by atoms with Gasteiger partial charge in [-0.05, 0) is 45.6 Å². The molecule has 0 aromatic rings. The van der Waals surface area contributed by atoms with E-state index in [1.54, 1.807) is 0 Å². The maximum absolute atomic E-state index is 11.7. The van der Waals surface area contributed by atoms with Gasteiger partial charge in [0.15, 0.2) is 0 Å². The second-order valence-electron chi connectivity index (χ2n) is 5.74. The molecule has 0 spiro atoms. The monoisotopic (exact) mass is 255 g/mol. The summed E-state index contributed by atoms with van der Waals surface area (Å²) in [6, 6.07) is 0.269. The summed E-state index contributed by atoms with van der Waals surface area (Å²) in [5.41, 5.74) is 5.80.